The van der Waals surface area contributed by atoms with Crippen molar-refractivity contribution >= 4 is 5.97 Å². The minimum Gasteiger partial charge on any atom is -0.463 e. The first-order valence-corrected chi connectivity index (χ1v) is 10.5. The van der Waals surface area contributed by atoms with Crippen LogP contribution in [0.4, 0.5) is 0 Å². The van der Waals surface area contributed by atoms with Crippen molar-refractivity contribution in [1.29, 1.82) is 5.26 Å². The summed E-state index contributed by atoms with van der Waals surface area (Å²) in [5.74, 6) is 0.466. The standard InChI is InChI=1S/C26H28N2O4/c1-6-30-25(29)22-16(2)31-24(28)21(15-27)23(22)17-7-11-19(12-8-17)32-20-13-9-18(10-14-20)26(3,4)5/h7-14,23H,6,28H2,1-5H3. The molecule has 1 unspecified atom stereocenters. The van der Waals surface area contributed by atoms with Gasteiger partial charge in [0.2, 0.25) is 5.88 Å². The largest absolute Gasteiger partial charge is 0.463 e. The van der Waals surface area contributed by atoms with E-state index >= 15 is 0 Å². The predicted octanol–water partition coefficient (Wildman–Crippen LogP) is 5.42. The first-order chi connectivity index (χ1) is 15.2. The zero-order valence-electron chi connectivity index (χ0n) is 19.1. The summed E-state index contributed by atoms with van der Waals surface area (Å²) >= 11 is 0. The van der Waals surface area contributed by atoms with Gasteiger partial charge in [-0.15, -0.1) is 0 Å². The van der Waals surface area contributed by atoms with Crippen LogP contribution >= 0.6 is 0 Å². The molecule has 6 nitrogen and oxygen atoms in total. The highest BCUT2D eigenvalue weighted by Crippen LogP contribution is 2.40. The zero-order valence-corrected chi connectivity index (χ0v) is 19.1. The van der Waals surface area contributed by atoms with Crippen LogP contribution in [0, 0.1) is 11.3 Å². The number of hydrogen-bond donors (Lipinski definition) is 1. The molecule has 32 heavy (non-hydrogen) atoms. The van der Waals surface area contributed by atoms with Gasteiger partial charge in [0, 0.05) is 0 Å². The summed E-state index contributed by atoms with van der Waals surface area (Å²) in [6, 6.07) is 17.3. The van der Waals surface area contributed by atoms with E-state index in [-0.39, 0.29) is 29.1 Å². The van der Waals surface area contributed by atoms with Gasteiger partial charge in [-0.3, -0.25) is 0 Å². The van der Waals surface area contributed by atoms with E-state index in [2.05, 4.69) is 39.0 Å². The molecule has 0 saturated carbocycles. The van der Waals surface area contributed by atoms with Crippen molar-refractivity contribution in [2.45, 2.75) is 46.0 Å². The van der Waals surface area contributed by atoms with Gasteiger partial charge in [-0.2, -0.15) is 5.26 Å². The Labute approximate surface area is 188 Å². The normalized spacial score (nSPS) is 16.3. The van der Waals surface area contributed by atoms with E-state index in [1.165, 1.54) is 5.56 Å². The summed E-state index contributed by atoms with van der Waals surface area (Å²) in [6.07, 6.45) is 0. The lowest BCUT2D eigenvalue weighted by atomic mass is 9.83. The lowest BCUT2D eigenvalue weighted by Crippen LogP contribution is -2.25. The van der Waals surface area contributed by atoms with E-state index in [1.54, 1.807) is 26.0 Å². The maximum atomic E-state index is 12.6. The van der Waals surface area contributed by atoms with Crippen LogP contribution in [-0.2, 0) is 19.7 Å². The summed E-state index contributed by atoms with van der Waals surface area (Å²) < 4.78 is 16.6. The molecule has 2 N–H and O–H groups in total. The Morgan fingerprint density at radius 2 is 1.66 bits per heavy atom. The molecule has 0 amide bonds. The molecule has 6 heteroatoms. The van der Waals surface area contributed by atoms with Gasteiger partial charge in [-0.05, 0) is 54.7 Å². The molecule has 1 aliphatic heterocycles. The van der Waals surface area contributed by atoms with Crippen LogP contribution in [-0.4, -0.2) is 12.6 Å². The Bertz CT molecular complexity index is 1100. The number of hydrogen-bond acceptors (Lipinski definition) is 6. The Morgan fingerprint density at radius 3 is 2.16 bits per heavy atom. The molecule has 0 aromatic heterocycles. The molecule has 0 spiro atoms. The van der Waals surface area contributed by atoms with Crippen molar-refractivity contribution in [1.82, 2.24) is 0 Å². The number of benzene rings is 2. The molecule has 166 valence electrons. The van der Waals surface area contributed by atoms with E-state index in [9.17, 15) is 10.1 Å². The minimum atomic E-state index is -0.673. The fraction of sp³-hybridized carbons (Fsp3) is 0.308. The van der Waals surface area contributed by atoms with Crippen LogP contribution in [0.3, 0.4) is 0 Å². The summed E-state index contributed by atoms with van der Waals surface area (Å²) in [5.41, 5.74) is 8.39. The van der Waals surface area contributed by atoms with Gasteiger partial charge in [0.1, 0.15) is 28.9 Å². The molecule has 0 aliphatic carbocycles. The minimum absolute atomic E-state index is 0.0117. The van der Waals surface area contributed by atoms with Crippen molar-refractivity contribution < 1.29 is 19.0 Å². The first kappa shape index (κ1) is 23.0. The van der Waals surface area contributed by atoms with E-state index in [4.69, 9.17) is 19.9 Å². The topological polar surface area (TPSA) is 94.6 Å². The summed E-state index contributed by atoms with van der Waals surface area (Å²) in [7, 11) is 0. The van der Waals surface area contributed by atoms with Gasteiger partial charge < -0.3 is 19.9 Å². The van der Waals surface area contributed by atoms with E-state index in [0.29, 0.717) is 17.1 Å². The quantitative estimate of drug-likeness (QED) is 0.634. The van der Waals surface area contributed by atoms with E-state index in [1.807, 2.05) is 24.3 Å². The summed E-state index contributed by atoms with van der Waals surface area (Å²) in [5, 5.41) is 9.67. The van der Waals surface area contributed by atoms with Crippen molar-refractivity contribution in [2.24, 2.45) is 5.73 Å². The average molecular weight is 433 g/mol. The van der Waals surface area contributed by atoms with E-state index in [0.717, 1.165) is 5.75 Å². The molecule has 2 aromatic carbocycles. The molecule has 3 rings (SSSR count). The highest BCUT2D eigenvalue weighted by Gasteiger charge is 2.36. The molecule has 0 radical (unpaired) electrons. The molecular formula is C26H28N2O4. The Hall–Kier alpha value is -3.72. The predicted molar refractivity (Wildman–Crippen MR) is 122 cm³/mol. The number of carbonyl (C=O) groups excluding carboxylic acids is 1. The molecular weight excluding hydrogens is 404 g/mol. The lowest BCUT2D eigenvalue weighted by molar-refractivity contribution is -0.139. The van der Waals surface area contributed by atoms with Gasteiger partial charge >= 0.3 is 5.97 Å². The molecule has 2 aromatic rings. The molecule has 1 heterocycles. The van der Waals surface area contributed by atoms with Gasteiger partial charge in [0.05, 0.1) is 18.1 Å². The average Bonchev–Trinajstić information content (AvgIpc) is 2.73. The monoisotopic (exact) mass is 432 g/mol. The number of carbonyl (C=O) groups is 1. The zero-order chi connectivity index (χ0) is 23.5. The maximum absolute atomic E-state index is 12.6. The highest BCUT2D eigenvalue weighted by molar-refractivity contribution is 5.92. The molecule has 0 bridgehead atoms. The van der Waals surface area contributed by atoms with Crippen LogP contribution in [0.25, 0.3) is 0 Å². The van der Waals surface area contributed by atoms with Gasteiger partial charge in [-0.25, -0.2) is 4.79 Å². The van der Waals surface area contributed by atoms with E-state index < -0.39 is 11.9 Å². The Morgan fingerprint density at radius 1 is 1.09 bits per heavy atom. The van der Waals surface area contributed by atoms with Crippen molar-refractivity contribution in [2.75, 3.05) is 6.61 Å². The summed E-state index contributed by atoms with van der Waals surface area (Å²) in [4.78, 5) is 12.6. The third-order valence-electron chi connectivity index (χ3n) is 5.27. The van der Waals surface area contributed by atoms with Crippen molar-refractivity contribution in [3.8, 4) is 17.6 Å². The second-order valence-electron chi connectivity index (χ2n) is 8.56. The summed E-state index contributed by atoms with van der Waals surface area (Å²) in [6.45, 7) is 10.1. The van der Waals surface area contributed by atoms with Gasteiger partial charge in [0.15, 0.2) is 0 Å². The first-order valence-electron chi connectivity index (χ1n) is 10.5. The van der Waals surface area contributed by atoms with Crippen molar-refractivity contribution in [3.05, 3.63) is 82.4 Å². The fourth-order valence-electron chi connectivity index (χ4n) is 3.58. The second-order valence-corrected chi connectivity index (χ2v) is 8.56. The third-order valence-corrected chi connectivity index (χ3v) is 5.27. The molecule has 1 atom stereocenters. The van der Waals surface area contributed by atoms with Crippen LogP contribution in [0.1, 0.15) is 51.7 Å². The molecule has 1 aliphatic rings. The Kier molecular flexibility index (Phi) is 6.59. The fourth-order valence-corrected chi connectivity index (χ4v) is 3.58. The third kappa shape index (κ3) is 4.78. The number of esters is 1. The SMILES string of the molecule is CCOC(=O)C1=C(C)OC(N)=C(C#N)C1c1ccc(Oc2ccc(C(C)(C)C)cc2)cc1. The molecule has 0 saturated heterocycles. The second kappa shape index (κ2) is 9.19. The number of nitrogens with two attached hydrogens (primary N) is 1. The number of nitriles is 1. The number of rotatable bonds is 5. The van der Waals surface area contributed by atoms with Gasteiger partial charge in [0.25, 0.3) is 0 Å². The molecule has 0 fully saturated rings. The van der Waals surface area contributed by atoms with Crippen LogP contribution in [0.15, 0.2) is 71.3 Å². The number of allylic oxidation sites excluding steroid dienone is 2. The van der Waals surface area contributed by atoms with Gasteiger partial charge in [-0.1, -0.05) is 45.0 Å². The smallest absolute Gasteiger partial charge is 0.338 e. The van der Waals surface area contributed by atoms with Crippen LogP contribution < -0.4 is 10.5 Å². The number of nitrogens with zero attached hydrogens (tertiary/aromatic N) is 1. The lowest BCUT2D eigenvalue weighted by Gasteiger charge is -2.26. The number of ether oxygens (including phenoxy) is 3. The van der Waals surface area contributed by atoms with Crippen LogP contribution in [0.2, 0.25) is 0 Å². The maximum Gasteiger partial charge on any atom is 0.338 e. The van der Waals surface area contributed by atoms with Crippen LogP contribution in [0.5, 0.6) is 11.5 Å². The van der Waals surface area contributed by atoms with Crippen molar-refractivity contribution in [3.63, 3.8) is 0 Å². The Balaban J connectivity index is 1.89. The highest BCUT2D eigenvalue weighted by atomic mass is 16.5.